The zero-order valence-electron chi connectivity index (χ0n) is 11.2. The summed E-state index contributed by atoms with van der Waals surface area (Å²) in [6, 6.07) is 6.47. The average Bonchev–Trinajstić information content (AvgIpc) is 2.32. The van der Waals surface area contributed by atoms with Crippen LogP contribution < -0.4 is 0 Å². The molecule has 19 heavy (non-hydrogen) atoms. The van der Waals surface area contributed by atoms with E-state index in [2.05, 4.69) is 4.90 Å². The monoisotopic (exact) mass is 265 g/mol. The number of nitrogens with zero attached hydrogens (tertiary/aromatic N) is 1. The molecule has 0 radical (unpaired) electrons. The third-order valence-corrected chi connectivity index (χ3v) is 4.03. The minimum absolute atomic E-state index is 0.226. The lowest BCUT2D eigenvalue weighted by Crippen LogP contribution is -2.47. The van der Waals surface area contributed by atoms with Gasteiger partial charge in [0.15, 0.2) is 0 Å². The number of carbonyl (C=O) groups is 1. The molecule has 1 aliphatic carbocycles. The third kappa shape index (κ3) is 3.32. The highest BCUT2D eigenvalue weighted by molar-refractivity contribution is 5.76. The van der Waals surface area contributed by atoms with Gasteiger partial charge < -0.3 is 10.0 Å². The Morgan fingerprint density at radius 1 is 1.37 bits per heavy atom. The molecule has 1 aliphatic rings. The first-order valence-electron chi connectivity index (χ1n) is 6.68. The Kier molecular flexibility index (Phi) is 4.20. The smallest absolute Gasteiger partial charge is 0.310 e. The fourth-order valence-corrected chi connectivity index (χ4v) is 2.61. The number of carboxylic acids is 1. The number of likely N-dealkylation sites (N-methyl/N-ethyl adjacent to an activating group) is 1. The molecule has 2 rings (SSSR count). The summed E-state index contributed by atoms with van der Waals surface area (Å²) in [5.74, 6) is -0.899. The van der Waals surface area contributed by atoms with Gasteiger partial charge in [0.25, 0.3) is 0 Å². The largest absolute Gasteiger partial charge is 0.481 e. The number of benzene rings is 1. The Bertz CT molecular complexity index is 440. The number of rotatable bonds is 6. The molecule has 1 N–H and O–H groups in total. The van der Waals surface area contributed by atoms with Crippen molar-refractivity contribution in [1.82, 2.24) is 4.90 Å². The molecule has 1 aromatic rings. The van der Waals surface area contributed by atoms with E-state index in [9.17, 15) is 14.3 Å². The van der Waals surface area contributed by atoms with E-state index < -0.39 is 11.4 Å². The van der Waals surface area contributed by atoms with Gasteiger partial charge in [0, 0.05) is 13.1 Å². The van der Waals surface area contributed by atoms with Crippen molar-refractivity contribution in [1.29, 1.82) is 0 Å². The number of hydrogen-bond donors (Lipinski definition) is 1. The van der Waals surface area contributed by atoms with Crippen LogP contribution in [0, 0.1) is 11.2 Å². The summed E-state index contributed by atoms with van der Waals surface area (Å²) in [5.41, 5.74) is 0.545. The molecule has 4 heteroatoms. The van der Waals surface area contributed by atoms with Crippen LogP contribution >= 0.6 is 0 Å². The van der Waals surface area contributed by atoms with Gasteiger partial charge in [-0.05, 0) is 44.0 Å². The molecule has 0 heterocycles. The summed E-state index contributed by atoms with van der Waals surface area (Å²) in [4.78, 5) is 13.3. The second-order valence-corrected chi connectivity index (χ2v) is 5.55. The molecule has 3 nitrogen and oxygen atoms in total. The van der Waals surface area contributed by atoms with Crippen molar-refractivity contribution in [3.63, 3.8) is 0 Å². The highest BCUT2D eigenvalue weighted by Crippen LogP contribution is 2.41. The molecule has 1 saturated carbocycles. The molecule has 0 unspecified atom stereocenters. The van der Waals surface area contributed by atoms with Crippen LogP contribution in [-0.4, -0.2) is 36.1 Å². The summed E-state index contributed by atoms with van der Waals surface area (Å²) in [5, 5.41) is 9.28. The Morgan fingerprint density at radius 2 is 2.00 bits per heavy atom. The lowest BCUT2D eigenvalue weighted by molar-refractivity contribution is -0.156. The molecule has 0 spiro atoms. The number of aliphatic carboxylic acids is 1. The predicted molar refractivity (Wildman–Crippen MR) is 71.5 cm³/mol. The standard InChI is InChI=1S/C15H20FNO2/c1-17(11-15(14(18)19)8-2-9-15)10-7-12-3-5-13(16)6-4-12/h3-6H,2,7-11H2,1H3,(H,18,19). The van der Waals surface area contributed by atoms with Gasteiger partial charge in [-0.3, -0.25) is 4.79 Å². The SMILES string of the molecule is CN(CCc1ccc(F)cc1)CC1(C(=O)O)CCC1. The summed E-state index contributed by atoms with van der Waals surface area (Å²) in [6.07, 6.45) is 3.39. The van der Waals surface area contributed by atoms with Crippen LogP contribution in [0.5, 0.6) is 0 Å². The fourth-order valence-electron chi connectivity index (χ4n) is 2.61. The number of carboxylic acid groups (broad SMARTS) is 1. The second-order valence-electron chi connectivity index (χ2n) is 5.55. The minimum atomic E-state index is -0.674. The molecular weight excluding hydrogens is 245 g/mol. The molecule has 0 amide bonds. The van der Waals surface area contributed by atoms with Crippen molar-refractivity contribution >= 4 is 5.97 Å². The van der Waals surface area contributed by atoms with E-state index in [0.29, 0.717) is 6.54 Å². The van der Waals surface area contributed by atoms with E-state index >= 15 is 0 Å². The summed E-state index contributed by atoms with van der Waals surface area (Å²) >= 11 is 0. The lowest BCUT2D eigenvalue weighted by atomic mass is 9.68. The van der Waals surface area contributed by atoms with Crippen LogP contribution in [0.2, 0.25) is 0 Å². The second kappa shape index (κ2) is 5.70. The van der Waals surface area contributed by atoms with Crippen molar-refractivity contribution in [3.8, 4) is 0 Å². The summed E-state index contributed by atoms with van der Waals surface area (Å²) in [7, 11) is 1.95. The molecule has 0 atom stereocenters. The van der Waals surface area contributed by atoms with Crippen LogP contribution in [0.3, 0.4) is 0 Å². The van der Waals surface area contributed by atoms with Gasteiger partial charge in [0.1, 0.15) is 5.82 Å². The predicted octanol–water partition coefficient (Wildman–Crippen LogP) is 2.55. The highest BCUT2D eigenvalue weighted by atomic mass is 19.1. The fraction of sp³-hybridized carbons (Fsp3) is 0.533. The maximum atomic E-state index is 12.8. The Hall–Kier alpha value is -1.42. The third-order valence-electron chi connectivity index (χ3n) is 4.03. The van der Waals surface area contributed by atoms with Crippen molar-refractivity contribution < 1.29 is 14.3 Å². The van der Waals surface area contributed by atoms with E-state index in [1.165, 1.54) is 12.1 Å². The van der Waals surface area contributed by atoms with Gasteiger partial charge in [-0.1, -0.05) is 18.6 Å². The van der Waals surface area contributed by atoms with Gasteiger partial charge in [-0.25, -0.2) is 4.39 Å². The Labute approximate surface area is 113 Å². The van der Waals surface area contributed by atoms with Crippen LogP contribution in [0.1, 0.15) is 24.8 Å². The van der Waals surface area contributed by atoms with Gasteiger partial charge >= 0.3 is 5.97 Å². The molecular formula is C15H20FNO2. The molecule has 0 saturated heterocycles. The van der Waals surface area contributed by atoms with Crippen LogP contribution in [-0.2, 0) is 11.2 Å². The van der Waals surface area contributed by atoms with Gasteiger partial charge in [-0.2, -0.15) is 0 Å². The lowest BCUT2D eigenvalue weighted by Gasteiger charge is -2.40. The minimum Gasteiger partial charge on any atom is -0.481 e. The van der Waals surface area contributed by atoms with Crippen molar-refractivity contribution in [2.24, 2.45) is 5.41 Å². The van der Waals surface area contributed by atoms with Crippen molar-refractivity contribution in [2.75, 3.05) is 20.1 Å². The number of hydrogen-bond acceptors (Lipinski definition) is 2. The van der Waals surface area contributed by atoms with E-state index in [1.54, 1.807) is 12.1 Å². The summed E-state index contributed by atoms with van der Waals surface area (Å²) in [6.45, 7) is 1.39. The maximum absolute atomic E-state index is 12.8. The maximum Gasteiger partial charge on any atom is 0.310 e. The summed E-state index contributed by atoms with van der Waals surface area (Å²) < 4.78 is 12.8. The zero-order valence-corrected chi connectivity index (χ0v) is 11.2. The highest BCUT2D eigenvalue weighted by Gasteiger charge is 2.44. The van der Waals surface area contributed by atoms with Gasteiger partial charge in [0.05, 0.1) is 5.41 Å². The van der Waals surface area contributed by atoms with Crippen LogP contribution in [0.15, 0.2) is 24.3 Å². The molecule has 0 aromatic heterocycles. The van der Waals surface area contributed by atoms with Crippen molar-refractivity contribution in [2.45, 2.75) is 25.7 Å². The Balaban J connectivity index is 1.83. The van der Waals surface area contributed by atoms with Gasteiger partial charge in [-0.15, -0.1) is 0 Å². The van der Waals surface area contributed by atoms with E-state index in [-0.39, 0.29) is 5.82 Å². The molecule has 0 aliphatic heterocycles. The molecule has 104 valence electrons. The molecule has 1 aromatic carbocycles. The van der Waals surface area contributed by atoms with E-state index in [4.69, 9.17) is 0 Å². The average molecular weight is 265 g/mol. The Morgan fingerprint density at radius 3 is 2.47 bits per heavy atom. The van der Waals surface area contributed by atoms with Crippen LogP contribution in [0.4, 0.5) is 4.39 Å². The molecule has 1 fully saturated rings. The number of halogens is 1. The topological polar surface area (TPSA) is 40.5 Å². The van der Waals surface area contributed by atoms with Crippen LogP contribution in [0.25, 0.3) is 0 Å². The first-order chi connectivity index (χ1) is 9.02. The zero-order chi connectivity index (χ0) is 13.9. The van der Waals surface area contributed by atoms with E-state index in [0.717, 1.165) is 37.8 Å². The first kappa shape index (κ1) is 14.0. The normalized spacial score (nSPS) is 17.2. The van der Waals surface area contributed by atoms with Crippen molar-refractivity contribution in [3.05, 3.63) is 35.6 Å². The first-order valence-corrected chi connectivity index (χ1v) is 6.68. The van der Waals surface area contributed by atoms with E-state index in [1.807, 2.05) is 7.05 Å². The quantitative estimate of drug-likeness (QED) is 0.859. The molecule has 0 bridgehead atoms. The van der Waals surface area contributed by atoms with Gasteiger partial charge in [0.2, 0.25) is 0 Å².